The second-order valence-corrected chi connectivity index (χ2v) is 6.99. The Morgan fingerprint density at radius 1 is 1.14 bits per heavy atom. The third kappa shape index (κ3) is 4.08. The monoisotopic (exact) mass is 414 g/mol. The largest absolute Gasteiger partial charge is 0.468 e. The zero-order valence-corrected chi connectivity index (χ0v) is 17.1. The molecule has 0 unspecified atom stereocenters. The van der Waals surface area contributed by atoms with Crippen molar-refractivity contribution >= 4 is 52.6 Å². The molecule has 0 spiro atoms. The number of esters is 1. The van der Waals surface area contributed by atoms with Crippen molar-refractivity contribution in [2.75, 3.05) is 18.6 Å². The molecule has 0 aliphatic carbocycles. The first-order valence-corrected chi connectivity index (χ1v) is 9.52. The number of carbonyl (C=O) groups is 2. The summed E-state index contributed by atoms with van der Waals surface area (Å²) >= 11 is 11.5. The second kappa shape index (κ2) is 8.54. The van der Waals surface area contributed by atoms with Gasteiger partial charge in [0, 0.05) is 5.02 Å². The van der Waals surface area contributed by atoms with Crippen molar-refractivity contribution in [2.24, 2.45) is 0 Å². The van der Waals surface area contributed by atoms with Gasteiger partial charge in [0.05, 0.1) is 12.8 Å². The predicted molar refractivity (Wildman–Crippen MR) is 114 cm³/mol. The lowest BCUT2D eigenvalue weighted by Gasteiger charge is -2.19. The summed E-state index contributed by atoms with van der Waals surface area (Å²) in [5.74, 6) is -0.784. The van der Waals surface area contributed by atoms with Crippen molar-refractivity contribution < 1.29 is 14.3 Å². The summed E-state index contributed by atoms with van der Waals surface area (Å²) in [6.45, 7) is 1.91. The van der Waals surface area contributed by atoms with Gasteiger partial charge in [0.25, 0.3) is 5.91 Å². The maximum absolute atomic E-state index is 13.2. The molecule has 1 aliphatic rings. The number of carbonyl (C=O) groups excluding carboxylic acids is 2. The number of aryl methyl sites for hydroxylation is 1. The van der Waals surface area contributed by atoms with E-state index in [2.05, 4.69) is 6.92 Å². The van der Waals surface area contributed by atoms with Crippen molar-refractivity contribution in [3.63, 3.8) is 0 Å². The van der Waals surface area contributed by atoms with Crippen LogP contribution in [-0.2, 0) is 20.7 Å². The molecular formula is C21H19ClN2O3S. The summed E-state index contributed by atoms with van der Waals surface area (Å²) in [6, 6.07) is 14.7. The van der Waals surface area contributed by atoms with Crippen molar-refractivity contribution in [3.05, 3.63) is 70.4 Å². The quantitative estimate of drug-likeness (QED) is 0.419. The molecule has 0 aromatic heterocycles. The Balaban J connectivity index is 2.01. The predicted octanol–water partition coefficient (Wildman–Crippen LogP) is 4.05. The summed E-state index contributed by atoms with van der Waals surface area (Å²) in [5.41, 5.74) is 2.89. The number of halogens is 1. The molecule has 3 rings (SSSR count). The number of thiocarbonyl (C=S) groups is 1. The molecule has 1 saturated heterocycles. The minimum Gasteiger partial charge on any atom is -0.468 e. The van der Waals surface area contributed by atoms with Gasteiger partial charge in [-0.3, -0.25) is 14.5 Å². The van der Waals surface area contributed by atoms with Crippen LogP contribution in [0.3, 0.4) is 0 Å². The Morgan fingerprint density at radius 3 is 2.36 bits per heavy atom. The van der Waals surface area contributed by atoms with E-state index in [4.69, 9.17) is 28.6 Å². The highest BCUT2D eigenvalue weighted by molar-refractivity contribution is 7.80. The van der Waals surface area contributed by atoms with Gasteiger partial charge in [0.2, 0.25) is 0 Å². The minimum atomic E-state index is -0.486. The summed E-state index contributed by atoms with van der Waals surface area (Å²) < 4.78 is 4.77. The fraction of sp³-hybridized carbons (Fsp3) is 0.190. The molecule has 28 heavy (non-hydrogen) atoms. The van der Waals surface area contributed by atoms with Crippen LogP contribution in [0.15, 0.2) is 54.2 Å². The lowest BCUT2D eigenvalue weighted by molar-refractivity contribution is -0.140. The minimum absolute atomic E-state index is 0.149. The maximum Gasteiger partial charge on any atom is 0.325 e. The van der Waals surface area contributed by atoms with Crippen molar-refractivity contribution in [3.8, 4) is 0 Å². The molecule has 0 atom stereocenters. The smallest absolute Gasteiger partial charge is 0.325 e. The Kier molecular flexibility index (Phi) is 6.11. The van der Waals surface area contributed by atoms with E-state index in [-0.39, 0.29) is 17.6 Å². The Labute approximate surface area is 174 Å². The van der Waals surface area contributed by atoms with E-state index in [1.54, 1.807) is 30.3 Å². The van der Waals surface area contributed by atoms with E-state index in [9.17, 15) is 9.59 Å². The van der Waals surface area contributed by atoms with E-state index in [0.717, 1.165) is 17.5 Å². The molecule has 5 nitrogen and oxygen atoms in total. The van der Waals surface area contributed by atoms with E-state index < -0.39 is 5.97 Å². The fourth-order valence-electron chi connectivity index (χ4n) is 2.85. The number of methoxy groups -OCH3 is 1. The van der Waals surface area contributed by atoms with Crippen molar-refractivity contribution in [2.45, 2.75) is 13.3 Å². The van der Waals surface area contributed by atoms with Gasteiger partial charge in [0.15, 0.2) is 5.11 Å². The van der Waals surface area contributed by atoms with E-state index in [1.165, 1.54) is 16.9 Å². The van der Waals surface area contributed by atoms with Gasteiger partial charge >= 0.3 is 5.97 Å². The Morgan fingerprint density at radius 2 is 1.79 bits per heavy atom. The number of ether oxygens (including phenoxy) is 1. The topological polar surface area (TPSA) is 49.9 Å². The summed E-state index contributed by atoms with van der Waals surface area (Å²) in [5, 5.41) is 0.833. The number of anilines is 1. The molecule has 1 amide bonds. The zero-order chi connectivity index (χ0) is 20.3. The molecule has 0 N–H and O–H groups in total. The van der Waals surface area contributed by atoms with Crippen LogP contribution in [0.4, 0.5) is 5.69 Å². The van der Waals surface area contributed by atoms with Gasteiger partial charge in [-0.05, 0) is 60.1 Å². The lowest BCUT2D eigenvalue weighted by Crippen LogP contribution is -2.35. The van der Waals surface area contributed by atoms with Crippen molar-refractivity contribution in [1.82, 2.24) is 4.90 Å². The SMILES string of the molecule is CCc1ccc(N2C(=O)/C(=C/c3ccc(Cl)cc3)N(CC(=O)OC)C2=S)cc1. The fourth-order valence-corrected chi connectivity index (χ4v) is 3.33. The normalized spacial score (nSPS) is 15.5. The molecule has 0 radical (unpaired) electrons. The number of rotatable bonds is 5. The molecule has 0 saturated carbocycles. The summed E-state index contributed by atoms with van der Waals surface area (Å²) in [4.78, 5) is 28.0. The van der Waals surface area contributed by atoms with E-state index in [0.29, 0.717) is 16.4 Å². The number of hydrogen-bond acceptors (Lipinski definition) is 4. The van der Waals surface area contributed by atoms with Gasteiger partial charge in [-0.1, -0.05) is 42.8 Å². The molecule has 0 bridgehead atoms. The van der Waals surface area contributed by atoms with Gasteiger partial charge in [-0.25, -0.2) is 0 Å². The molecule has 2 aromatic carbocycles. The molecule has 1 fully saturated rings. The van der Waals surface area contributed by atoms with Gasteiger partial charge in [0.1, 0.15) is 12.2 Å². The maximum atomic E-state index is 13.2. The number of amides is 1. The Bertz CT molecular complexity index is 939. The van der Waals surface area contributed by atoms with Crippen LogP contribution in [0, 0.1) is 0 Å². The van der Waals surface area contributed by atoms with Crippen LogP contribution in [0.5, 0.6) is 0 Å². The highest BCUT2D eigenvalue weighted by atomic mass is 35.5. The average molecular weight is 415 g/mol. The van der Waals surface area contributed by atoms with Crippen LogP contribution in [0.2, 0.25) is 5.02 Å². The van der Waals surface area contributed by atoms with Crippen LogP contribution in [0.1, 0.15) is 18.1 Å². The van der Waals surface area contributed by atoms with Crippen molar-refractivity contribution in [1.29, 1.82) is 0 Å². The molecule has 144 valence electrons. The highest BCUT2D eigenvalue weighted by Gasteiger charge is 2.40. The first kappa shape index (κ1) is 20.0. The average Bonchev–Trinajstić information content (AvgIpc) is 2.93. The van der Waals surface area contributed by atoms with Crippen LogP contribution in [0.25, 0.3) is 6.08 Å². The van der Waals surface area contributed by atoms with Gasteiger partial charge in [-0.2, -0.15) is 0 Å². The number of benzene rings is 2. The lowest BCUT2D eigenvalue weighted by atomic mass is 10.1. The second-order valence-electron chi connectivity index (χ2n) is 6.19. The molecule has 2 aromatic rings. The molecule has 1 heterocycles. The summed E-state index contributed by atoms with van der Waals surface area (Å²) in [7, 11) is 1.30. The molecule has 1 aliphatic heterocycles. The Hall–Kier alpha value is -2.70. The molecule has 7 heteroatoms. The first-order chi connectivity index (χ1) is 13.4. The summed E-state index contributed by atoms with van der Waals surface area (Å²) in [6.07, 6.45) is 2.59. The third-order valence-corrected chi connectivity index (χ3v) is 5.08. The van der Waals surface area contributed by atoms with Gasteiger partial charge in [-0.15, -0.1) is 0 Å². The third-order valence-electron chi connectivity index (χ3n) is 4.43. The zero-order valence-electron chi connectivity index (χ0n) is 15.5. The number of nitrogens with zero attached hydrogens (tertiary/aromatic N) is 2. The van der Waals surface area contributed by atoms with Crippen LogP contribution in [-0.4, -0.2) is 35.5 Å². The number of hydrogen-bond donors (Lipinski definition) is 0. The van der Waals surface area contributed by atoms with Crippen LogP contribution >= 0.6 is 23.8 Å². The first-order valence-electron chi connectivity index (χ1n) is 8.73. The highest BCUT2D eigenvalue weighted by Crippen LogP contribution is 2.29. The standard InChI is InChI=1S/C21H19ClN2O3S/c1-3-14-6-10-17(11-7-14)24-20(26)18(12-15-4-8-16(22)9-5-15)23(21(24)28)13-19(25)27-2/h4-12H,3,13H2,1-2H3/b18-12-. The van der Waals surface area contributed by atoms with Crippen LogP contribution < -0.4 is 4.90 Å². The van der Waals surface area contributed by atoms with E-state index >= 15 is 0 Å². The van der Waals surface area contributed by atoms with E-state index in [1.807, 2.05) is 24.3 Å². The van der Waals surface area contributed by atoms with Gasteiger partial charge < -0.3 is 9.64 Å². The molecular weight excluding hydrogens is 396 g/mol.